The number of imide groups is 1. The van der Waals surface area contributed by atoms with Crippen LogP contribution in [0.4, 0.5) is 21.1 Å². The Morgan fingerprint density at radius 1 is 0.933 bits per heavy atom. The predicted molar refractivity (Wildman–Crippen MR) is 227 cm³/mol. The van der Waals surface area contributed by atoms with E-state index in [1.807, 2.05) is 31.9 Å². The van der Waals surface area contributed by atoms with Crippen molar-refractivity contribution >= 4 is 52.4 Å². The Morgan fingerprint density at radius 2 is 1.58 bits per heavy atom. The average molecular weight is 835 g/mol. The van der Waals surface area contributed by atoms with E-state index in [0.29, 0.717) is 62.3 Å². The number of carbonyl (C=O) groups excluding carboxylic acids is 5. The lowest BCUT2D eigenvalue weighted by Gasteiger charge is -2.32. The van der Waals surface area contributed by atoms with Gasteiger partial charge in [-0.15, -0.1) is 0 Å². The molecule has 328 valence electrons. The van der Waals surface area contributed by atoms with Gasteiger partial charge in [0, 0.05) is 52.0 Å². The number of aromatic nitrogens is 4. The molecule has 1 aliphatic heterocycles. The lowest BCUT2D eigenvalue weighted by molar-refractivity contribution is -0.128. The number of carbonyl (C=O) groups is 5. The first-order valence-corrected chi connectivity index (χ1v) is 20.1. The summed E-state index contributed by atoms with van der Waals surface area (Å²) in [6, 6.07) is 3.35. The number of nitrogens with one attached hydrogen (secondary N) is 1. The number of nitrogen functional groups attached to an aromatic ring is 1. The molecule has 3 N–H and O–H groups in total. The van der Waals surface area contributed by atoms with E-state index in [1.165, 1.54) is 6.33 Å². The zero-order valence-electron chi connectivity index (χ0n) is 37.0. The molecule has 60 heavy (non-hydrogen) atoms. The van der Waals surface area contributed by atoms with Crippen LogP contribution in [0.15, 0.2) is 30.6 Å². The molecule has 1 aliphatic rings. The van der Waals surface area contributed by atoms with E-state index in [9.17, 15) is 24.0 Å². The maximum absolute atomic E-state index is 13.8. The van der Waals surface area contributed by atoms with Crippen LogP contribution >= 0.6 is 0 Å². The van der Waals surface area contributed by atoms with Gasteiger partial charge >= 0.3 is 12.2 Å². The lowest BCUT2D eigenvalue weighted by atomic mass is 9.98. The van der Waals surface area contributed by atoms with E-state index in [0.717, 1.165) is 21.6 Å². The standard InChI is InChI=1S/C42H62N10O8/c1-27-28(2)31(17-16-29(27)24-33(54)48(9)10)46-38(55)35-34-36(43)44-26-45-37(34)52(47-35)30-14-12-19-50(25-30)32(53)15-13-18-49(11)20-22-58-23-21-51(39(56)59-41(3,4)5)40(57)60-42(6,7)8/h13,15-17,26,30H,12,14,18-25H2,1-11H3,(H,46,55)(H2,43,44,45)/b15-13+/t30-/m1/s1. The molecule has 3 aromatic rings. The van der Waals surface area contributed by atoms with Gasteiger partial charge in [0.15, 0.2) is 11.3 Å². The maximum Gasteiger partial charge on any atom is 0.419 e. The molecule has 5 amide bonds. The van der Waals surface area contributed by atoms with E-state index in [2.05, 4.69) is 15.3 Å². The van der Waals surface area contributed by atoms with Gasteiger partial charge in [0.2, 0.25) is 11.8 Å². The number of fused-ring (bicyclic) bond motifs is 1. The molecule has 18 nitrogen and oxygen atoms in total. The summed E-state index contributed by atoms with van der Waals surface area (Å²) in [4.78, 5) is 79.7. The minimum absolute atomic E-state index is 0.0191. The van der Waals surface area contributed by atoms with Crippen molar-refractivity contribution in [2.24, 2.45) is 0 Å². The quantitative estimate of drug-likeness (QED) is 0.166. The van der Waals surface area contributed by atoms with Crippen LogP contribution in [0.2, 0.25) is 0 Å². The minimum atomic E-state index is -0.809. The van der Waals surface area contributed by atoms with E-state index >= 15 is 0 Å². The van der Waals surface area contributed by atoms with Gasteiger partial charge in [-0.1, -0.05) is 12.1 Å². The Labute approximate surface area is 352 Å². The number of hydrogen-bond donors (Lipinski definition) is 2. The number of hydrogen-bond acceptors (Lipinski definition) is 13. The van der Waals surface area contributed by atoms with Crippen LogP contribution in [0.5, 0.6) is 0 Å². The molecule has 2 aromatic heterocycles. The summed E-state index contributed by atoms with van der Waals surface area (Å²) in [5.74, 6) is -0.537. The Morgan fingerprint density at radius 3 is 2.22 bits per heavy atom. The second-order valence-corrected chi connectivity index (χ2v) is 17.2. The van der Waals surface area contributed by atoms with Crippen molar-refractivity contribution in [1.82, 2.24) is 39.3 Å². The van der Waals surface area contributed by atoms with Gasteiger partial charge in [-0.05, 0) is 98.0 Å². The normalized spacial score (nSPS) is 14.7. The summed E-state index contributed by atoms with van der Waals surface area (Å²) in [7, 11) is 5.32. The predicted octanol–water partition coefficient (Wildman–Crippen LogP) is 4.75. The number of benzene rings is 1. The monoisotopic (exact) mass is 834 g/mol. The highest BCUT2D eigenvalue weighted by Crippen LogP contribution is 2.30. The van der Waals surface area contributed by atoms with Gasteiger partial charge in [-0.2, -0.15) is 5.10 Å². The molecule has 1 saturated heterocycles. The summed E-state index contributed by atoms with van der Waals surface area (Å²) >= 11 is 0. The molecule has 0 radical (unpaired) electrons. The van der Waals surface area contributed by atoms with Gasteiger partial charge < -0.3 is 40.0 Å². The van der Waals surface area contributed by atoms with Crippen LogP contribution in [0.1, 0.15) is 87.6 Å². The smallest absolute Gasteiger partial charge is 0.419 e. The fraction of sp³-hybridized carbons (Fsp3) is 0.571. The van der Waals surface area contributed by atoms with Crippen molar-refractivity contribution in [2.45, 2.75) is 91.9 Å². The van der Waals surface area contributed by atoms with Crippen molar-refractivity contribution in [2.75, 3.05) is 78.1 Å². The Kier molecular flexibility index (Phi) is 15.8. The van der Waals surface area contributed by atoms with Crippen molar-refractivity contribution in [3.05, 3.63) is 53.0 Å². The van der Waals surface area contributed by atoms with Crippen LogP contribution in [-0.4, -0.2) is 148 Å². The summed E-state index contributed by atoms with van der Waals surface area (Å²) in [6.45, 7) is 16.4. The topological polar surface area (TPSA) is 208 Å². The molecule has 18 heteroatoms. The highest BCUT2D eigenvalue weighted by Gasteiger charge is 2.32. The number of anilines is 2. The zero-order chi connectivity index (χ0) is 44.5. The molecular weight excluding hydrogens is 773 g/mol. The number of nitrogens with zero attached hydrogens (tertiary/aromatic N) is 8. The molecular formula is C42H62N10O8. The molecule has 0 bridgehead atoms. The maximum atomic E-state index is 13.8. The second kappa shape index (κ2) is 20.1. The van der Waals surface area contributed by atoms with Crippen LogP contribution in [-0.2, 0) is 30.2 Å². The van der Waals surface area contributed by atoms with Crippen LogP contribution < -0.4 is 11.1 Å². The number of rotatable bonds is 14. The highest BCUT2D eigenvalue weighted by molar-refractivity contribution is 6.13. The van der Waals surface area contributed by atoms with E-state index < -0.39 is 29.3 Å². The van der Waals surface area contributed by atoms with Crippen molar-refractivity contribution < 1.29 is 38.2 Å². The number of likely N-dealkylation sites (N-methyl/N-ethyl adjacent to an activating group) is 2. The average Bonchev–Trinajstić information content (AvgIpc) is 3.55. The van der Waals surface area contributed by atoms with Crippen molar-refractivity contribution in [1.29, 1.82) is 0 Å². The third kappa shape index (κ3) is 12.9. The van der Waals surface area contributed by atoms with E-state index in [-0.39, 0.29) is 48.9 Å². The molecule has 1 atom stereocenters. The van der Waals surface area contributed by atoms with E-state index in [4.69, 9.17) is 25.0 Å². The van der Waals surface area contributed by atoms with Crippen molar-refractivity contribution in [3.63, 3.8) is 0 Å². The molecule has 1 aromatic carbocycles. The first-order chi connectivity index (χ1) is 28.1. The molecule has 0 saturated carbocycles. The summed E-state index contributed by atoms with van der Waals surface area (Å²) in [5, 5.41) is 8.02. The van der Waals surface area contributed by atoms with Gasteiger partial charge in [0.25, 0.3) is 5.91 Å². The summed E-state index contributed by atoms with van der Waals surface area (Å²) in [5.41, 5.74) is 8.39. The Balaban J connectivity index is 1.33. The minimum Gasteiger partial charge on any atom is -0.443 e. The largest absolute Gasteiger partial charge is 0.443 e. The molecule has 0 unspecified atom stereocenters. The second-order valence-electron chi connectivity index (χ2n) is 17.2. The van der Waals surface area contributed by atoms with E-state index in [1.54, 1.807) is 88.3 Å². The fourth-order valence-corrected chi connectivity index (χ4v) is 6.37. The molecule has 3 heterocycles. The third-order valence-corrected chi connectivity index (χ3v) is 9.76. The van der Waals surface area contributed by atoms with Crippen LogP contribution in [0.3, 0.4) is 0 Å². The Bertz CT molecular complexity index is 2040. The molecule has 1 fully saturated rings. The first kappa shape index (κ1) is 47.1. The van der Waals surface area contributed by atoms with Gasteiger partial charge in [-0.25, -0.2) is 29.1 Å². The summed E-state index contributed by atoms with van der Waals surface area (Å²) < 4.78 is 18.2. The zero-order valence-corrected chi connectivity index (χ0v) is 37.0. The Hall–Kier alpha value is -5.62. The number of nitrogens with two attached hydrogens (primary N) is 1. The number of amides is 5. The fourth-order valence-electron chi connectivity index (χ4n) is 6.37. The van der Waals surface area contributed by atoms with Gasteiger partial charge in [0.05, 0.1) is 37.6 Å². The molecule has 0 spiro atoms. The third-order valence-electron chi connectivity index (χ3n) is 9.76. The van der Waals surface area contributed by atoms with Gasteiger partial charge in [-0.3, -0.25) is 14.4 Å². The molecule has 4 rings (SSSR count). The highest BCUT2D eigenvalue weighted by atomic mass is 16.6. The van der Waals surface area contributed by atoms with Crippen LogP contribution in [0.25, 0.3) is 11.0 Å². The summed E-state index contributed by atoms with van der Waals surface area (Å²) in [6.07, 6.45) is 4.72. The first-order valence-electron chi connectivity index (χ1n) is 20.1. The number of ether oxygens (including phenoxy) is 3. The van der Waals surface area contributed by atoms with Gasteiger partial charge in [0.1, 0.15) is 23.3 Å². The SMILES string of the molecule is Cc1c(CC(=O)N(C)C)ccc(NC(=O)c2nn([C@@H]3CCCN(C(=O)/C=C/CN(C)CCOCCN(C(=O)OC(C)(C)C)C(=O)OC(C)(C)C)C3)c3ncnc(N)c23)c1C. The number of piperidine rings is 1. The van der Waals surface area contributed by atoms with Crippen LogP contribution in [0, 0.1) is 13.8 Å². The molecule has 0 aliphatic carbocycles. The number of likely N-dealkylation sites (tertiary alicyclic amines) is 1. The lowest BCUT2D eigenvalue weighted by Crippen LogP contribution is -2.45. The van der Waals surface area contributed by atoms with Crippen molar-refractivity contribution in [3.8, 4) is 0 Å².